The Morgan fingerprint density at radius 2 is 2.29 bits per heavy atom. The summed E-state index contributed by atoms with van der Waals surface area (Å²) in [6.07, 6.45) is 0. The van der Waals surface area contributed by atoms with Crippen molar-refractivity contribution < 1.29 is 14.3 Å². The van der Waals surface area contributed by atoms with E-state index in [2.05, 4.69) is 0 Å². The van der Waals surface area contributed by atoms with Crippen molar-refractivity contribution in [3.8, 4) is 0 Å². The summed E-state index contributed by atoms with van der Waals surface area (Å²) in [5.41, 5.74) is 1.24. The molecule has 2 rings (SSSR count). The van der Waals surface area contributed by atoms with Crippen molar-refractivity contribution in [3.05, 3.63) is 35.1 Å². The van der Waals surface area contributed by atoms with E-state index in [1.807, 2.05) is 0 Å². The van der Waals surface area contributed by atoms with Gasteiger partial charge in [0.15, 0.2) is 0 Å². The first-order valence-corrected chi connectivity index (χ1v) is 4.41. The molecule has 1 amide bonds. The number of aliphatic hydroxyl groups excluding tert-OH is 1. The average molecular weight is 195 g/mol. The van der Waals surface area contributed by atoms with E-state index >= 15 is 0 Å². The molecule has 0 unspecified atom stereocenters. The summed E-state index contributed by atoms with van der Waals surface area (Å²) >= 11 is 0. The van der Waals surface area contributed by atoms with Crippen LogP contribution < -0.4 is 0 Å². The molecule has 0 bridgehead atoms. The van der Waals surface area contributed by atoms with Gasteiger partial charge >= 0.3 is 0 Å². The number of hydrogen-bond acceptors (Lipinski definition) is 2. The lowest BCUT2D eigenvalue weighted by Gasteiger charge is -2.12. The highest BCUT2D eigenvalue weighted by atomic mass is 19.1. The van der Waals surface area contributed by atoms with Gasteiger partial charge < -0.3 is 10.0 Å². The smallest absolute Gasteiger partial charge is 0.254 e. The van der Waals surface area contributed by atoms with Crippen LogP contribution in [0.4, 0.5) is 4.39 Å². The quantitative estimate of drug-likeness (QED) is 0.757. The Hall–Kier alpha value is -1.42. The fraction of sp³-hybridized carbons (Fsp3) is 0.300. The van der Waals surface area contributed by atoms with Crippen LogP contribution in [0.1, 0.15) is 15.9 Å². The molecule has 74 valence electrons. The number of benzene rings is 1. The number of amides is 1. The highest BCUT2D eigenvalue weighted by molar-refractivity contribution is 5.98. The first-order chi connectivity index (χ1) is 6.72. The van der Waals surface area contributed by atoms with Crippen molar-refractivity contribution in [2.45, 2.75) is 6.54 Å². The number of halogens is 1. The van der Waals surface area contributed by atoms with Crippen molar-refractivity contribution in [2.24, 2.45) is 0 Å². The molecular formula is C10H10FNO2. The Morgan fingerprint density at radius 1 is 1.50 bits per heavy atom. The summed E-state index contributed by atoms with van der Waals surface area (Å²) in [5.74, 6) is -0.600. The van der Waals surface area contributed by atoms with Crippen molar-refractivity contribution in [2.75, 3.05) is 13.2 Å². The molecular weight excluding hydrogens is 185 g/mol. The maximum absolute atomic E-state index is 12.8. The first kappa shape index (κ1) is 9.15. The molecule has 1 aliphatic heterocycles. The Bertz CT molecular complexity index is 378. The molecule has 1 aromatic carbocycles. The van der Waals surface area contributed by atoms with Gasteiger partial charge in [-0.3, -0.25) is 4.79 Å². The summed E-state index contributed by atoms with van der Waals surface area (Å²) in [7, 11) is 0. The van der Waals surface area contributed by atoms with Gasteiger partial charge in [0.25, 0.3) is 5.91 Å². The summed E-state index contributed by atoms with van der Waals surface area (Å²) in [6, 6.07) is 4.20. The average Bonchev–Trinajstić information content (AvgIpc) is 2.46. The van der Waals surface area contributed by atoms with Gasteiger partial charge in [0.05, 0.1) is 6.61 Å². The van der Waals surface area contributed by atoms with Crippen molar-refractivity contribution in [1.29, 1.82) is 0 Å². The third-order valence-corrected chi connectivity index (χ3v) is 2.32. The molecule has 4 heteroatoms. The molecule has 1 aromatic rings. The van der Waals surface area contributed by atoms with E-state index in [0.29, 0.717) is 18.7 Å². The number of carbonyl (C=O) groups is 1. The second kappa shape index (κ2) is 3.38. The van der Waals surface area contributed by atoms with E-state index in [0.717, 1.165) is 5.56 Å². The normalized spacial score (nSPS) is 14.7. The highest BCUT2D eigenvalue weighted by Gasteiger charge is 2.26. The predicted molar refractivity (Wildman–Crippen MR) is 48.2 cm³/mol. The van der Waals surface area contributed by atoms with Crippen LogP contribution >= 0.6 is 0 Å². The van der Waals surface area contributed by atoms with Crippen LogP contribution in [0.2, 0.25) is 0 Å². The fourth-order valence-corrected chi connectivity index (χ4v) is 1.63. The molecule has 0 radical (unpaired) electrons. The van der Waals surface area contributed by atoms with Gasteiger partial charge in [-0.15, -0.1) is 0 Å². The highest BCUT2D eigenvalue weighted by Crippen LogP contribution is 2.22. The lowest BCUT2D eigenvalue weighted by atomic mass is 10.1. The third kappa shape index (κ3) is 1.37. The van der Waals surface area contributed by atoms with E-state index in [-0.39, 0.29) is 12.5 Å². The Kier molecular flexibility index (Phi) is 2.21. The third-order valence-electron chi connectivity index (χ3n) is 2.32. The van der Waals surface area contributed by atoms with Gasteiger partial charge in [0.1, 0.15) is 5.82 Å². The molecule has 1 heterocycles. The first-order valence-electron chi connectivity index (χ1n) is 4.41. The molecule has 14 heavy (non-hydrogen) atoms. The molecule has 0 atom stereocenters. The van der Waals surface area contributed by atoms with E-state index in [9.17, 15) is 9.18 Å². The van der Waals surface area contributed by atoms with E-state index in [1.165, 1.54) is 17.0 Å². The number of fused-ring (bicyclic) bond motifs is 1. The summed E-state index contributed by atoms with van der Waals surface area (Å²) in [5, 5.41) is 8.71. The number of aliphatic hydroxyl groups is 1. The monoisotopic (exact) mass is 195 g/mol. The van der Waals surface area contributed by atoms with Crippen molar-refractivity contribution in [1.82, 2.24) is 4.90 Å². The Balaban J connectivity index is 2.31. The van der Waals surface area contributed by atoms with Gasteiger partial charge in [0.2, 0.25) is 0 Å². The molecule has 0 saturated carbocycles. The molecule has 1 aliphatic rings. The van der Waals surface area contributed by atoms with E-state index < -0.39 is 5.82 Å². The number of β-amino-alcohol motifs (C(OH)–C–C–N with tert-alkyl or cyclic N) is 1. The zero-order valence-electron chi connectivity index (χ0n) is 7.53. The van der Waals surface area contributed by atoms with E-state index in [1.54, 1.807) is 6.07 Å². The van der Waals surface area contributed by atoms with Gasteiger partial charge in [-0.25, -0.2) is 4.39 Å². The fourth-order valence-electron chi connectivity index (χ4n) is 1.63. The Labute approximate surface area is 80.8 Å². The molecule has 0 aromatic heterocycles. The zero-order valence-corrected chi connectivity index (χ0v) is 7.53. The van der Waals surface area contributed by atoms with Gasteiger partial charge in [-0.2, -0.15) is 0 Å². The molecule has 0 aliphatic carbocycles. The van der Waals surface area contributed by atoms with Crippen LogP contribution in [0.15, 0.2) is 18.2 Å². The van der Waals surface area contributed by atoms with E-state index in [4.69, 9.17) is 5.11 Å². The Morgan fingerprint density at radius 3 is 3.00 bits per heavy atom. The number of rotatable bonds is 2. The standard InChI is InChI=1S/C10H10FNO2/c11-8-2-1-7-6-12(3-4-13)10(14)9(7)5-8/h1-2,5,13H,3-4,6H2. The minimum Gasteiger partial charge on any atom is -0.395 e. The largest absolute Gasteiger partial charge is 0.395 e. The molecule has 1 N–H and O–H groups in total. The minimum atomic E-state index is -0.400. The maximum atomic E-state index is 12.8. The van der Waals surface area contributed by atoms with Gasteiger partial charge in [0, 0.05) is 18.7 Å². The molecule has 3 nitrogen and oxygen atoms in total. The van der Waals surface area contributed by atoms with Crippen LogP contribution in [-0.2, 0) is 6.54 Å². The van der Waals surface area contributed by atoms with Crippen molar-refractivity contribution in [3.63, 3.8) is 0 Å². The molecule has 0 saturated heterocycles. The number of carbonyl (C=O) groups excluding carboxylic acids is 1. The summed E-state index contributed by atoms with van der Waals surface area (Å²) < 4.78 is 12.8. The SMILES string of the molecule is O=C1c2cc(F)ccc2CN1CCO. The lowest BCUT2D eigenvalue weighted by Crippen LogP contribution is -2.26. The topological polar surface area (TPSA) is 40.5 Å². The minimum absolute atomic E-state index is 0.0673. The molecule has 0 fully saturated rings. The van der Waals surface area contributed by atoms with Crippen LogP contribution in [0.5, 0.6) is 0 Å². The predicted octanol–water partition coefficient (Wildman–Crippen LogP) is 0.774. The zero-order chi connectivity index (χ0) is 10.1. The lowest BCUT2D eigenvalue weighted by molar-refractivity contribution is 0.0745. The second-order valence-electron chi connectivity index (χ2n) is 3.25. The molecule has 0 spiro atoms. The van der Waals surface area contributed by atoms with Crippen molar-refractivity contribution >= 4 is 5.91 Å². The number of hydrogen-bond donors (Lipinski definition) is 1. The summed E-state index contributed by atoms with van der Waals surface area (Å²) in [4.78, 5) is 13.1. The van der Waals surface area contributed by atoms with Crippen LogP contribution in [-0.4, -0.2) is 29.1 Å². The number of nitrogens with zero attached hydrogens (tertiary/aromatic N) is 1. The van der Waals surface area contributed by atoms with Gasteiger partial charge in [-0.1, -0.05) is 6.07 Å². The van der Waals surface area contributed by atoms with Gasteiger partial charge in [-0.05, 0) is 17.7 Å². The summed E-state index contributed by atoms with van der Waals surface area (Å²) in [6.45, 7) is 0.701. The van der Waals surface area contributed by atoms with Crippen LogP contribution in [0.25, 0.3) is 0 Å². The van der Waals surface area contributed by atoms with Crippen LogP contribution in [0, 0.1) is 5.82 Å². The maximum Gasteiger partial charge on any atom is 0.254 e. The van der Waals surface area contributed by atoms with Crippen LogP contribution in [0.3, 0.4) is 0 Å². The second-order valence-corrected chi connectivity index (χ2v) is 3.25.